The summed E-state index contributed by atoms with van der Waals surface area (Å²) in [4.78, 5) is 16.8. The Labute approximate surface area is 159 Å². The normalized spacial score (nSPS) is 10.3. The lowest BCUT2D eigenvalue weighted by Crippen LogP contribution is -2.14. The van der Waals surface area contributed by atoms with Crippen LogP contribution in [-0.2, 0) is 0 Å². The van der Waals surface area contributed by atoms with Gasteiger partial charge in [0.15, 0.2) is 0 Å². The van der Waals surface area contributed by atoms with Crippen LogP contribution in [0.4, 0.5) is 17.1 Å². The van der Waals surface area contributed by atoms with Crippen molar-refractivity contribution in [1.82, 2.24) is 4.98 Å². The SMILES string of the molecule is CCOc1ccccc1NC(=O)c1ccc(Nc2ccc(C)cc2C)cn1. The maximum atomic E-state index is 12.5. The van der Waals surface area contributed by atoms with Gasteiger partial charge in [-0.3, -0.25) is 4.79 Å². The van der Waals surface area contributed by atoms with E-state index in [-0.39, 0.29) is 5.91 Å². The van der Waals surface area contributed by atoms with E-state index in [1.54, 1.807) is 18.3 Å². The molecule has 27 heavy (non-hydrogen) atoms. The molecule has 1 heterocycles. The Morgan fingerprint density at radius 3 is 2.56 bits per heavy atom. The summed E-state index contributed by atoms with van der Waals surface area (Å²) in [6.45, 7) is 6.56. The summed E-state index contributed by atoms with van der Waals surface area (Å²) < 4.78 is 5.53. The van der Waals surface area contributed by atoms with Crippen molar-refractivity contribution in [3.8, 4) is 5.75 Å². The van der Waals surface area contributed by atoms with Crippen molar-refractivity contribution in [2.75, 3.05) is 17.2 Å². The highest BCUT2D eigenvalue weighted by atomic mass is 16.5. The number of aromatic nitrogens is 1. The standard InChI is InChI=1S/C22H23N3O2/c1-4-27-21-8-6-5-7-19(21)25-22(26)20-12-10-17(14-23-20)24-18-11-9-15(2)13-16(18)3/h5-14,24H,4H2,1-3H3,(H,25,26). The van der Waals surface area contributed by atoms with E-state index < -0.39 is 0 Å². The average molecular weight is 361 g/mol. The van der Waals surface area contributed by atoms with Crippen LogP contribution in [0.15, 0.2) is 60.8 Å². The molecule has 0 radical (unpaired) electrons. The van der Waals surface area contributed by atoms with Crippen molar-refractivity contribution in [3.05, 3.63) is 77.6 Å². The van der Waals surface area contributed by atoms with E-state index in [0.29, 0.717) is 23.7 Å². The molecule has 0 bridgehead atoms. The van der Waals surface area contributed by atoms with Crippen LogP contribution in [-0.4, -0.2) is 17.5 Å². The van der Waals surface area contributed by atoms with Crippen LogP contribution in [0, 0.1) is 13.8 Å². The summed E-state index contributed by atoms with van der Waals surface area (Å²) >= 11 is 0. The number of hydrogen-bond donors (Lipinski definition) is 2. The molecule has 5 nitrogen and oxygen atoms in total. The Bertz CT molecular complexity index is 937. The fraction of sp³-hybridized carbons (Fsp3) is 0.182. The number of ether oxygens (including phenoxy) is 1. The maximum absolute atomic E-state index is 12.5. The molecule has 3 rings (SSSR count). The van der Waals surface area contributed by atoms with Crippen LogP contribution >= 0.6 is 0 Å². The highest BCUT2D eigenvalue weighted by molar-refractivity contribution is 6.03. The van der Waals surface area contributed by atoms with E-state index in [1.165, 1.54) is 5.56 Å². The third kappa shape index (κ3) is 4.64. The number of rotatable bonds is 6. The first-order valence-corrected chi connectivity index (χ1v) is 8.90. The van der Waals surface area contributed by atoms with E-state index in [9.17, 15) is 4.79 Å². The van der Waals surface area contributed by atoms with Gasteiger partial charge in [-0.25, -0.2) is 4.98 Å². The van der Waals surface area contributed by atoms with Gasteiger partial charge in [-0.1, -0.05) is 29.8 Å². The van der Waals surface area contributed by atoms with E-state index in [0.717, 1.165) is 16.9 Å². The van der Waals surface area contributed by atoms with Gasteiger partial charge in [0.25, 0.3) is 5.91 Å². The summed E-state index contributed by atoms with van der Waals surface area (Å²) in [5.41, 5.74) is 5.19. The van der Waals surface area contributed by atoms with E-state index in [4.69, 9.17) is 4.74 Å². The smallest absolute Gasteiger partial charge is 0.274 e. The Morgan fingerprint density at radius 1 is 1.04 bits per heavy atom. The molecule has 0 unspecified atom stereocenters. The molecule has 3 aromatic rings. The number of hydrogen-bond acceptors (Lipinski definition) is 4. The van der Waals surface area contributed by atoms with Crippen molar-refractivity contribution in [3.63, 3.8) is 0 Å². The van der Waals surface area contributed by atoms with Crippen molar-refractivity contribution in [2.24, 2.45) is 0 Å². The molecule has 0 saturated heterocycles. The Kier molecular flexibility index (Phi) is 5.71. The molecular formula is C22H23N3O2. The summed E-state index contributed by atoms with van der Waals surface area (Å²) in [6, 6.07) is 17.1. The van der Waals surface area contributed by atoms with Crippen molar-refractivity contribution >= 4 is 23.0 Å². The number of benzene rings is 2. The lowest BCUT2D eigenvalue weighted by Gasteiger charge is -2.12. The number of carbonyl (C=O) groups excluding carboxylic acids is 1. The Morgan fingerprint density at radius 2 is 1.85 bits per heavy atom. The molecule has 2 aromatic carbocycles. The first-order chi connectivity index (χ1) is 13.1. The average Bonchev–Trinajstić information content (AvgIpc) is 2.66. The van der Waals surface area contributed by atoms with Crippen LogP contribution in [0.3, 0.4) is 0 Å². The van der Waals surface area contributed by atoms with Crippen molar-refractivity contribution in [2.45, 2.75) is 20.8 Å². The Balaban J connectivity index is 1.70. The molecule has 1 amide bonds. The number of carbonyl (C=O) groups is 1. The molecular weight excluding hydrogens is 338 g/mol. The predicted molar refractivity (Wildman–Crippen MR) is 109 cm³/mol. The molecule has 0 aliphatic heterocycles. The van der Waals surface area contributed by atoms with Gasteiger partial charge in [-0.15, -0.1) is 0 Å². The zero-order valence-electron chi connectivity index (χ0n) is 15.7. The van der Waals surface area contributed by atoms with Crippen molar-refractivity contribution in [1.29, 1.82) is 0 Å². The second-order valence-corrected chi connectivity index (χ2v) is 6.26. The zero-order valence-corrected chi connectivity index (χ0v) is 15.7. The third-order valence-corrected chi connectivity index (χ3v) is 4.09. The molecule has 0 aliphatic carbocycles. The molecule has 0 saturated carbocycles. The van der Waals surface area contributed by atoms with Crippen molar-refractivity contribution < 1.29 is 9.53 Å². The minimum absolute atomic E-state index is 0.278. The molecule has 0 fully saturated rings. The number of nitrogens with one attached hydrogen (secondary N) is 2. The summed E-state index contributed by atoms with van der Waals surface area (Å²) in [6.07, 6.45) is 1.66. The minimum atomic E-state index is -0.278. The highest BCUT2D eigenvalue weighted by Gasteiger charge is 2.11. The van der Waals surface area contributed by atoms with Gasteiger partial charge >= 0.3 is 0 Å². The topological polar surface area (TPSA) is 63.2 Å². The molecule has 0 spiro atoms. The Hall–Kier alpha value is -3.34. The first kappa shape index (κ1) is 18.5. The van der Waals surface area contributed by atoms with Crippen LogP contribution in [0.5, 0.6) is 5.75 Å². The highest BCUT2D eigenvalue weighted by Crippen LogP contribution is 2.25. The van der Waals surface area contributed by atoms with E-state index in [1.807, 2.05) is 37.3 Å². The second-order valence-electron chi connectivity index (χ2n) is 6.26. The number of pyridine rings is 1. The quantitative estimate of drug-likeness (QED) is 0.642. The van der Waals surface area contributed by atoms with Gasteiger partial charge in [0.1, 0.15) is 11.4 Å². The van der Waals surface area contributed by atoms with Gasteiger partial charge in [0.2, 0.25) is 0 Å². The molecule has 1 aromatic heterocycles. The van der Waals surface area contributed by atoms with E-state index in [2.05, 4.69) is 41.6 Å². The molecule has 2 N–H and O–H groups in total. The molecule has 138 valence electrons. The van der Waals surface area contributed by atoms with Crippen LogP contribution in [0.25, 0.3) is 0 Å². The molecule has 0 atom stereocenters. The number of para-hydroxylation sites is 2. The number of anilines is 3. The third-order valence-electron chi connectivity index (χ3n) is 4.09. The summed E-state index contributed by atoms with van der Waals surface area (Å²) in [5.74, 6) is 0.363. The number of amides is 1. The predicted octanol–water partition coefficient (Wildman–Crippen LogP) is 5.09. The van der Waals surface area contributed by atoms with Crippen LogP contribution in [0.1, 0.15) is 28.5 Å². The fourth-order valence-corrected chi connectivity index (χ4v) is 2.75. The fourth-order valence-electron chi connectivity index (χ4n) is 2.75. The zero-order chi connectivity index (χ0) is 19.2. The number of nitrogens with zero attached hydrogens (tertiary/aromatic N) is 1. The van der Waals surface area contributed by atoms with Gasteiger partial charge in [-0.2, -0.15) is 0 Å². The molecule has 0 aliphatic rings. The maximum Gasteiger partial charge on any atom is 0.274 e. The van der Waals surface area contributed by atoms with Gasteiger partial charge in [0.05, 0.1) is 24.2 Å². The summed E-state index contributed by atoms with van der Waals surface area (Å²) in [5, 5.41) is 6.18. The van der Waals surface area contributed by atoms with Gasteiger partial charge < -0.3 is 15.4 Å². The summed E-state index contributed by atoms with van der Waals surface area (Å²) in [7, 11) is 0. The van der Waals surface area contributed by atoms with Crippen LogP contribution < -0.4 is 15.4 Å². The molecule has 5 heteroatoms. The second kappa shape index (κ2) is 8.36. The van der Waals surface area contributed by atoms with E-state index >= 15 is 0 Å². The lowest BCUT2D eigenvalue weighted by atomic mass is 10.1. The minimum Gasteiger partial charge on any atom is -0.492 e. The van der Waals surface area contributed by atoms with Crippen LogP contribution in [0.2, 0.25) is 0 Å². The van der Waals surface area contributed by atoms with Gasteiger partial charge in [-0.05, 0) is 56.7 Å². The first-order valence-electron chi connectivity index (χ1n) is 8.90. The van der Waals surface area contributed by atoms with Gasteiger partial charge in [0, 0.05) is 5.69 Å². The lowest BCUT2D eigenvalue weighted by molar-refractivity contribution is 0.102. The number of aryl methyl sites for hydroxylation is 2. The monoisotopic (exact) mass is 361 g/mol. The largest absolute Gasteiger partial charge is 0.492 e.